The number of allylic oxidation sites excluding steroid dienone is 1. The third kappa shape index (κ3) is 1.83. The van der Waals surface area contributed by atoms with E-state index in [1.807, 2.05) is 0 Å². The van der Waals surface area contributed by atoms with Gasteiger partial charge in [-0.1, -0.05) is 6.58 Å². The van der Waals surface area contributed by atoms with E-state index >= 15 is 0 Å². The van der Waals surface area contributed by atoms with Crippen molar-refractivity contribution in [1.82, 2.24) is 0 Å². The molecule has 0 bridgehead atoms. The monoisotopic (exact) mass is 164 g/mol. The summed E-state index contributed by atoms with van der Waals surface area (Å²) in [6.45, 7) is 2.81. The van der Waals surface area contributed by atoms with Gasteiger partial charge >= 0.3 is 11.9 Å². The summed E-state index contributed by atoms with van der Waals surface area (Å²) in [5, 5.41) is 0. The summed E-state index contributed by atoms with van der Waals surface area (Å²) < 4.78 is 28.3. The Morgan fingerprint density at radius 2 is 2.00 bits per heavy atom. The quantitative estimate of drug-likeness (QED) is 0.347. The zero-order chi connectivity index (χ0) is 9.07. The first-order valence-corrected chi connectivity index (χ1v) is 2.60. The summed E-state index contributed by atoms with van der Waals surface area (Å²) in [5.41, 5.74) is 0. The number of carbonyl (C=O) groups is 2. The fraction of sp³-hybridized carbons (Fsp3) is 0.333. The summed E-state index contributed by atoms with van der Waals surface area (Å²) in [7, 11) is 0.770. The highest BCUT2D eigenvalue weighted by atomic mass is 19.3. The third-order valence-corrected chi connectivity index (χ3v) is 0.937. The highest BCUT2D eigenvalue weighted by Gasteiger charge is 2.46. The minimum absolute atomic E-state index is 0.372. The standard InChI is InChI=1S/C6H6F2O3/c1-3-4(9)6(7,8)5(10)11-2/h3H,1H2,2H3. The van der Waals surface area contributed by atoms with E-state index in [4.69, 9.17) is 0 Å². The summed E-state index contributed by atoms with van der Waals surface area (Å²) in [4.78, 5) is 20.5. The maximum Gasteiger partial charge on any atom is 0.403 e. The Balaban J connectivity index is 4.57. The number of hydrogen-bond acceptors (Lipinski definition) is 3. The molecule has 11 heavy (non-hydrogen) atoms. The first-order chi connectivity index (χ1) is 4.96. The van der Waals surface area contributed by atoms with Gasteiger partial charge in [0.05, 0.1) is 7.11 Å². The molecular formula is C6H6F2O3. The Labute approximate surface area is 61.6 Å². The molecule has 62 valence electrons. The van der Waals surface area contributed by atoms with Crippen LogP contribution in [0.25, 0.3) is 0 Å². The molecule has 0 unspecified atom stereocenters. The van der Waals surface area contributed by atoms with Gasteiger partial charge in [-0.2, -0.15) is 8.78 Å². The smallest absolute Gasteiger partial charge is 0.403 e. The van der Waals surface area contributed by atoms with Crippen LogP contribution in [0.15, 0.2) is 12.7 Å². The van der Waals surface area contributed by atoms with Crippen LogP contribution >= 0.6 is 0 Å². The molecule has 0 saturated heterocycles. The molecule has 0 aliphatic heterocycles. The van der Waals surface area contributed by atoms with Gasteiger partial charge in [0.1, 0.15) is 0 Å². The van der Waals surface area contributed by atoms with Crippen LogP contribution in [0, 0.1) is 0 Å². The van der Waals surface area contributed by atoms with E-state index in [1.165, 1.54) is 0 Å². The number of alkyl halides is 2. The molecule has 0 aromatic heterocycles. The number of rotatable bonds is 3. The van der Waals surface area contributed by atoms with E-state index in [2.05, 4.69) is 11.3 Å². The second kappa shape index (κ2) is 3.23. The lowest BCUT2D eigenvalue weighted by atomic mass is 10.2. The second-order valence-electron chi connectivity index (χ2n) is 1.63. The largest absolute Gasteiger partial charge is 0.464 e. The van der Waals surface area contributed by atoms with E-state index in [0.717, 1.165) is 7.11 Å². The molecule has 0 fully saturated rings. The average molecular weight is 164 g/mol. The third-order valence-electron chi connectivity index (χ3n) is 0.937. The number of ketones is 1. The first kappa shape index (κ1) is 9.74. The van der Waals surface area contributed by atoms with Gasteiger partial charge in [-0.05, 0) is 6.08 Å². The lowest BCUT2D eigenvalue weighted by Crippen LogP contribution is -2.37. The predicted octanol–water partition coefficient (Wildman–Crippen LogP) is 0.550. The van der Waals surface area contributed by atoms with Crippen LogP contribution in [-0.2, 0) is 14.3 Å². The molecule has 0 aliphatic rings. The predicted molar refractivity (Wildman–Crippen MR) is 32.2 cm³/mol. The van der Waals surface area contributed by atoms with Gasteiger partial charge in [0.2, 0.25) is 5.78 Å². The van der Waals surface area contributed by atoms with E-state index in [1.54, 1.807) is 0 Å². The topological polar surface area (TPSA) is 43.4 Å². The zero-order valence-electron chi connectivity index (χ0n) is 5.77. The molecule has 0 atom stereocenters. The van der Waals surface area contributed by atoms with Crippen LogP contribution in [0.3, 0.4) is 0 Å². The Kier molecular flexibility index (Phi) is 2.86. The molecular weight excluding hydrogens is 158 g/mol. The first-order valence-electron chi connectivity index (χ1n) is 2.60. The molecule has 0 radical (unpaired) electrons. The van der Waals surface area contributed by atoms with Crippen molar-refractivity contribution in [3.05, 3.63) is 12.7 Å². The molecule has 0 N–H and O–H groups in total. The summed E-state index contributed by atoms with van der Waals surface area (Å²) >= 11 is 0. The van der Waals surface area contributed by atoms with Crippen molar-refractivity contribution in [3.63, 3.8) is 0 Å². The van der Waals surface area contributed by atoms with Crippen LogP contribution in [-0.4, -0.2) is 24.8 Å². The normalized spacial score (nSPS) is 10.5. The van der Waals surface area contributed by atoms with Gasteiger partial charge in [0, 0.05) is 0 Å². The van der Waals surface area contributed by atoms with E-state index < -0.39 is 17.7 Å². The number of methoxy groups -OCH3 is 1. The molecule has 0 saturated carbocycles. The van der Waals surface area contributed by atoms with Crippen LogP contribution < -0.4 is 0 Å². The molecule has 0 aromatic rings. The van der Waals surface area contributed by atoms with Crippen LogP contribution in [0.2, 0.25) is 0 Å². The second-order valence-corrected chi connectivity index (χ2v) is 1.63. The maximum atomic E-state index is 12.3. The van der Waals surface area contributed by atoms with E-state index in [-0.39, 0.29) is 0 Å². The minimum atomic E-state index is -4.10. The number of hydrogen-bond donors (Lipinski definition) is 0. The van der Waals surface area contributed by atoms with Crippen molar-refractivity contribution in [3.8, 4) is 0 Å². The molecule has 0 spiro atoms. The highest BCUT2D eigenvalue weighted by molar-refractivity contribution is 6.10. The van der Waals surface area contributed by atoms with Gasteiger partial charge in [0.25, 0.3) is 0 Å². The zero-order valence-corrected chi connectivity index (χ0v) is 5.77. The van der Waals surface area contributed by atoms with Gasteiger partial charge in [-0.15, -0.1) is 0 Å². The number of carbonyl (C=O) groups excluding carboxylic acids is 2. The van der Waals surface area contributed by atoms with Crippen LogP contribution in [0.4, 0.5) is 8.78 Å². The Morgan fingerprint density at radius 3 is 2.27 bits per heavy atom. The molecule has 3 nitrogen and oxygen atoms in total. The van der Waals surface area contributed by atoms with Crippen LogP contribution in [0.1, 0.15) is 0 Å². The Bertz CT molecular complexity index is 198. The lowest BCUT2D eigenvalue weighted by Gasteiger charge is -2.08. The minimum Gasteiger partial charge on any atom is -0.464 e. The fourth-order valence-corrected chi connectivity index (χ4v) is 0.357. The SMILES string of the molecule is C=CC(=O)C(F)(F)C(=O)OC. The van der Waals surface area contributed by atoms with Crippen molar-refractivity contribution in [2.45, 2.75) is 5.92 Å². The number of esters is 1. The molecule has 0 amide bonds. The number of halogens is 2. The van der Waals surface area contributed by atoms with Crippen molar-refractivity contribution in [2.75, 3.05) is 7.11 Å². The maximum absolute atomic E-state index is 12.3. The highest BCUT2D eigenvalue weighted by Crippen LogP contribution is 2.16. The van der Waals surface area contributed by atoms with Gasteiger partial charge in [-0.25, -0.2) is 4.79 Å². The van der Waals surface area contributed by atoms with E-state index in [9.17, 15) is 18.4 Å². The molecule has 5 heteroatoms. The Hall–Kier alpha value is -1.26. The van der Waals surface area contributed by atoms with E-state index in [0.29, 0.717) is 6.08 Å². The van der Waals surface area contributed by atoms with Gasteiger partial charge in [-0.3, -0.25) is 4.79 Å². The molecule has 0 rings (SSSR count). The average Bonchev–Trinajstić information content (AvgIpc) is 2.01. The summed E-state index contributed by atoms with van der Waals surface area (Å²) in [6, 6.07) is 0. The fourth-order valence-electron chi connectivity index (χ4n) is 0.357. The molecule has 0 aliphatic carbocycles. The molecule has 0 aromatic carbocycles. The molecule has 0 heterocycles. The summed E-state index contributed by atoms with van der Waals surface area (Å²) in [5.74, 6) is -7.64. The van der Waals surface area contributed by atoms with Crippen molar-refractivity contribution < 1.29 is 23.1 Å². The Morgan fingerprint density at radius 1 is 1.55 bits per heavy atom. The number of ether oxygens (including phenoxy) is 1. The van der Waals surface area contributed by atoms with Crippen molar-refractivity contribution in [1.29, 1.82) is 0 Å². The van der Waals surface area contributed by atoms with Gasteiger partial charge in [0.15, 0.2) is 0 Å². The van der Waals surface area contributed by atoms with Crippen molar-refractivity contribution in [2.24, 2.45) is 0 Å². The van der Waals surface area contributed by atoms with Crippen molar-refractivity contribution >= 4 is 11.8 Å². The summed E-state index contributed by atoms with van der Waals surface area (Å²) in [6.07, 6.45) is 0.372. The van der Waals surface area contributed by atoms with Gasteiger partial charge < -0.3 is 4.74 Å². The van der Waals surface area contributed by atoms with Crippen LogP contribution in [0.5, 0.6) is 0 Å². The lowest BCUT2D eigenvalue weighted by molar-refractivity contribution is -0.172.